The highest BCUT2D eigenvalue weighted by molar-refractivity contribution is 7.19. The first-order valence-corrected chi connectivity index (χ1v) is 9.40. The first-order chi connectivity index (χ1) is 13.3. The molecule has 130 valence electrons. The van der Waals surface area contributed by atoms with Gasteiger partial charge in [0.05, 0.1) is 26.8 Å². The molecule has 2 N–H and O–H groups in total. The lowest BCUT2D eigenvalue weighted by Gasteiger charge is -2.02. The van der Waals surface area contributed by atoms with E-state index >= 15 is 0 Å². The summed E-state index contributed by atoms with van der Waals surface area (Å²) in [4.78, 5) is 13.0. The van der Waals surface area contributed by atoms with Crippen LogP contribution in [0.3, 0.4) is 0 Å². The minimum absolute atomic E-state index is 0.233. The topological polar surface area (TPSA) is 61.8 Å². The van der Waals surface area contributed by atoms with Crippen molar-refractivity contribution in [1.82, 2.24) is 15.0 Å². The van der Waals surface area contributed by atoms with E-state index in [9.17, 15) is 5.11 Å². The molecule has 0 bridgehead atoms. The quantitative estimate of drug-likeness (QED) is 0.443. The molecule has 0 spiro atoms. The molecule has 2 aromatic heterocycles. The fraction of sp³-hybridized carbons (Fsp3) is 0. The van der Waals surface area contributed by atoms with Gasteiger partial charge in [0.25, 0.3) is 0 Å². The van der Waals surface area contributed by atoms with Gasteiger partial charge in [-0.25, -0.2) is 9.97 Å². The molecular weight excluding hydrogens is 354 g/mol. The number of thiazole rings is 1. The number of H-pyrrole nitrogens is 1. The average Bonchev–Trinajstić information content (AvgIpc) is 3.30. The van der Waals surface area contributed by atoms with Gasteiger partial charge in [0.1, 0.15) is 16.6 Å². The van der Waals surface area contributed by atoms with E-state index in [0.717, 1.165) is 43.2 Å². The molecule has 0 aliphatic carbocycles. The third-order valence-electron chi connectivity index (χ3n) is 4.35. The minimum atomic E-state index is 0.233. The van der Waals surface area contributed by atoms with Gasteiger partial charge in [0.2, 0.25) is 0 Å². The smallest absolute Gasteiger partial charge is 0.141 e. The predicted octanol–water partition coefficient (Wildman–Crippen LogP) is 5.47. The van der Waals surface area contributed by atoms with Crippen molar-refractivity contribution in [2.75, 3.05) is 0 Å². The Morgan fingerprint density at radius 3 is 2.52 bits per heavy atom. The molecule has 3 aromatic carbocycles. The molecule has 0 aliphatic heterocycles. The second kappa shape index (κ2) is 6.37. The van der Waals surface area contributed by atoms with Crippen LogP contribution >= 0.6 is 11.3 Å². The zero-order chi connectivity index (χ0) is 18.2. The summed E-state index contributed by atoms with van der Waals surface area (Å²) >= 11 is 1.63. The molecule has 0 fully saturated rings. The second-order valence-corrected chi connectivity index (χ2v) is 7.27. The van der Waals surface area contributed by atoms with Crippen molar-refractivity contribution >= 4 is 44.2 Å². The van der Waals surface area contributed by atoms with E-state index < -0.39 is 0 Å². The number of phenols is 1. The number of aromatic hydroxyl groups is 1. The lowest BCUT2D eigenvalue weighted by Crippen LogP contribution is -1.90. The standard InChI is InChI=1S/C22H15N3OS/c26-15-7-5-6-14(12-15)13-16(21-23-17-8-1-2-9-18(17)24-21)22-25-19-10-3-4-11-20(19)27-22/h1-13,26H,(H,23,24)/b16-13+. The van der Waals surface area contributed by atoms with Crippen LogP contribution in [0.4, 0.5) is 0 Å². The van der Waals surface area contributed by atoms with Crippen molar-refractivity contribution in [1.29, 1.82) is 0 Å². The van der Waals surface area contributed by atoms with Crippen LogP contribution in [0.15, 0.2) is 72.8 Å². The van der Waals surface area contributed by atoms with Gasteiger partial charge < -0.3 is 10.1 Å². The van der Waals surface area contributed by atoms with E-state index in [1.54, 1.807) is 23.5 Å². The van der Waals surface area contributed by atoms with Gasteiger partial charge in [-0.05, 0) is 48.0 Å². The molecule has 0 saturated heterocycles. The van der Waals surface area contributed by atoms with E-state index in [4.69, 9.17) is 9.97 Å². The van der Waals surface area contributed by atoms with Gasteiger partial charge in [-0.2, -0.15) is 0 Å². The molecule has 27 heavy (non-hydrogen) atoms. The number of hydrogen-bond acceptors (Lipinski definition) is 4. The van der Waals surface area contributed by atoms with Gasteiger partial charge in [-0.3, -0.25) is 0 Å². The normalized spacial score (nSPS) is 12.1. The number of para-hydroxylation sites is 3. The van der Waals surface area contributed by atoms with Crippen molar-refractivity contribution in [3.05, 3.63) is 89.2 Å². The SMILES string of the molecule is Oc1cccc(/C=C(\c2nc3ccccc3[nH]2)c2nc3ccccc3s2)c1. The highest BCUT2D eigenvalue weighted by Crippen LogP contribution is 2.32. The number of hydrogen-bond donors (Lipinski definition) is 2. The number of nitrogens with one attached hydrogen (secondary N) is 1. The van der Waals surface area contributed by atoms with Crippen LogP contribution in [0.2, 0.25) is 0 Å². The zero-order valence-electron chi connectivity index (χ0n) is 14.3. The summed E-state index contributed by atoms with van der Waals surface area (Å²) in [6.07, 6.45) is 2.01. The Hall–Kier alpha value is -3.44. The number of phenolic OH excluding ortho intramolecular Hbond substituents is 1. The van der Waals surface area contributed by atoms with E-state index in [0.29, 0.717) is 0 Å². The average molecular weight is 369 g/mol. The van der Waals surface area contributed by atoms with Crippen molar-refractivity contribution < 1.29 is 5.11 Å². The minimum Gasteiger partial charge on any atom is -0.508 e. The van der Waals surface area contributed by atoms with Crippen molar-refractivity contribution in [2.24, 2.45) is 0 Å². The Labute approximate surface area is 159 Å². The number of fused-ring (bicyclic) bond motifs is 2. The number of aromatic nitrogens is 3. The highest BCUT2D eigenvalue weighted by Gasteiger charge is 2.15. The van der Waals surface area contributed by atoms with Crippen molar-refractivity contribution in [3.63, 3.8) is 0 Å². The Balaban J connectivity index is 1.73. The second-order valence-electron chi connectivity index (χ2n) is 6.24. The summed E-state index contributed by atoms with van der Waals surface area (Å²) in [6.45, 7) is 0. The molecule has 0 unspecified atom stereocenters. The van der Waals surface area contributed by atoms with Crippen molar-refractivity contribution in [3.8, 4) is 5.75 Å². The molecule has 5 aromatic rings. The largest absolute Gasteiger partial charge is 0.508 e. The van der Waals surface area contributed by atoms with E-state index in [1.807, 2.05) is 60.7 Å². The Morgan fingerprint density at radius 2 is 1.70 bits per heavy atom. The Kier molecular flexibility index (Phi) is 3.73. The summed E-state index contributed by atoms with van der Waals surface area (Å²) in [5.74, 6) is 0.996. The number of imidazole rings is 1. The maximum absolute atomic E-state index is 9.83. The Morgan fingerprint density at radius 1 is 0.889 bits per heavy atom. The molecule has 4 nitrogen and oxygen atoms in total. The lowest BCUT2D eigenvalue weighted by atomic mass is 10.1. The number of benzene rings is 3. The first-order valence-electron chi connectivity index (χ1n) is 8.58. The summed E-state index contributed by atoms with van der Waals surface area (Å²) < 4.78 is 1.13. The molecule has 5 rings (SSSR count). The summed E-state index contributed by atoms with van der Waals surface area (Å²) in [7, 11) is 0. The van der Waals surface area contributed by atoms with Crippen LogP contribution in [0.25, 0.3) is 32.9 Å². The Bertz CT molecular complexity index is 1160. The van der Waals surface area contributed by atoms with Gasteiger partial charge in [-0.15, -0.1) is 11.3 Å². The monoisotopic (exact) mass is 369 g/mol. The van der Waals surface area contributed by atoms with Crippen LogP contribution in [0.1, 0.15) is 16.4 Å². The summed E-state index contributed by atoms with van der Waals surface area (Å²) in [6, 6.07) is 23.2. The van der Waals surface area contributed by atoms with Crippen LogP contribution < -0.4 is 0 Å². The molecule has 0 amide bonds. The molecule has 0 atom stereocenters. The summed E-state index contributed by atoms with van der Waals surface area (Å²) in [5, 5.41) is 10.7. The fourth-order valence-electron chi connectivity index (χ4n) is 3.08. The predicted molar refractivity (Wildman–Crippen MR) is 111 cm³/mol. The molecular formula is C22H15N3OS. The number of aromatic amines is 1. The highest BCUT2D eigenvalue weighted by atomic mass is 32.1. The van der Waals surface area contributed by atoms with Crippen LogP contribution in [0.5, 0.6) is 5.75 Å². The maximum atomic E-state index is 9.83. The first kappa shape index (κ1) is 15.8. The number of nitrogens with zero attached hydrogens (tertiary/aromatic N) is 2. The van der Waals surface area contributed by atoms with E-state index in [2.05, 4.69) is 11.1 Å². The molecule has 2 heterocycles. The maximum Gasteiger partial charge on any atom is 0.141 e. The molecule has 0 aliphatic rings. The fourth-order valence-corrected chi connectivity index (χ4v) is 4.06. The zero-order valence-corrected chi connectivity index (χ0v) is 15.1. The van der Waals surface area contributed by atoms with Gasteiger partial charge in [0, 0.05) is 0 Å². The van der Waals surface area contributed by atoms with Crippen LogP contribution in [-0.2, 0) is 0 Å². The van der Waals surface area contributed by atoms with E-state index in [-0.39, 0.29) is 5.75 Å². The van der Waals surface area contributed by atoms with Crippen molar-refractivity contribution in [2.45, 2.75) is 0 Å². The van der Waals surface area contributed by atoms with E-state index in [1.165, 1.54) is 0 Å². The van der Waals surface area contributed by atoms with Crippen LogP contribution in [0, 0.1) is 0 Å². The molecule has 0 saturated carbocycles. The van der Waals surface area contributed by atoms with Gasteiger partial charge >= 0.3 is 0 Å². The molecule has 0 radical (unpaired) electrons. The van der Waals surface area contributed by atoms with Gasteiger partial charge in [0.15, 0.2) is 0 Å². The van der Waals surface area contributed by atoms with Crippen LogP contribution in [-0.4, -0.2) is 20.1 Å². The third kappa shape index (κ3) is 2.98. The lowest BCUT2D eigenvalue weighted by molar-refractivity contribution is 0.475. The third-order valence-corrected chi connectivity index (χ3v) is 5.42. The number of rotatable bonds is 3. The van der Waals surface area contributed by atoms with Gasteiger partial charge in [-0.1, -0.05) is 36.4 Å². The summed E-state index contributed by atoms with van der Waals surface area (Å²) in [5.41, 5.74) is 4.66. The molecule has 5 heteroatoms.